The van der Waals surface area contributed by atoms with Crippen molar-refractivity contribution < 1.29 is 19.0 Å². The van der Waals surface area contributed by atoms with Gasteiger partial charge in [0.05, 0.1) is 18.8 Å². The standard InChI is InChI=1S/C13H18FNO3/c1-3-18-12(16)8-15-9-13(2,17)10-4-6-11(14)7-5-10/h4-7,15,17H,3,8-9H2,1-2H3/t13-/m1/s1. The molecule has 18 heavy (non-hydrogen) atoms. The summed E-state index contributed by atoms with van der Waals surface area (Å²) in [6.07, 6.45) is 0. The van der Waals surface area contributed by atoms with E-state index in [2.05, 4.69) is 5.32 Å². The lowest BCUT2D eigenvalue weighted by Gasteiger charge is -2.24. The van der Waals surface area contributed by atoms with Gasteiger partial charge in [-0.15, -0.1) is 0 Å². The summed E-state index contributed by atoms with van der Waals surface area (Å²) in [5.41, 5.74) is -0.583. The van der Waals surface area contributed by atoms with Crippen LogP contribution in [0.25, 0.3) is 0 Å². The quantitative estimate of drug-likeness (QED) is 0.750. The zero-order valence-electron chi connectivity index (χ0n) is 10.6. The maximum atomic E-state index is 12.8. The van der Waals surface area contributed by atoms with E-state index in [0.29, 0.717) is 12.2 Å². The molecular weight excluding hydrogens is 237 g/mol. The summed E-state index contributed by atoms with van der Waals surface area (Å²) in [6.45, 7) is 3.86. The maximum Gasteiger partial charge on any atom is 0.319 e. The number of nitrogens with one attached hydrogen (secondary N) is 1. The fourth-order valence-electron chi connectivity index (χ4n) is 1.53. The first kappa shape index (κ1) is 14.6. The van der Waals surface area contributed by atoms with Gasteiger partial charge < -0.3 is 15.2 Å². The number of benzene rings is 1. The van der Waals surface area contributed by atoms with Crippen LogP contribution in [0.5, 0.6) is 0 Å². The molecule has 1 aromatic carbocycles. The summed E-state index contributed by atoms with van der Waals surface area (Å²) < 4.78 is 17.5. The molecule has 0 unspecified atom stereocenters. The van der Waals surface area contributed by atoms with Crippen molar-refractivity contribution in [3.05, 3.63) is 35.6 Å². The second-order valence-corrected chi connectivity index (χ2v) is 4.19. The van der Waals surface area contributed by atoms with Gasteiger partial charge in [0.25, 0.3) is 0 Å². The number of carbonyl (C=O) groups excluding carboxylic acids is 1. The number of ether oxygens (including phenoxy) is 1. The largest absolute Gasteiger partial charge is 0.465 e. The van der Waals surface area contributed by atoms with Crippen molar-refractivity contribution in [1.29, 1.82) is 0 Å². The fraction of sp³-hybridized carbons (Fsp3) is 0.462. The number of hydrogen-bond donors (Lipinski definition) is 2. The van der Waals surface area contributed by atoms with E-state index in [0.717, 1.165) is 0 Å². The molecule has 0 heterocycles. The highest BCUT2D eigenvalue weighted by molar-refractivity contribution is 5.71. The van der Waals surface area contributed by atoms with E-state index in [1.807, 2.05) is 0 Å². The Morgan fingerprint density at radius 3 is 2.61 bits per heavy atom. The minimum Gasteiger partial charge on any atom is -0.465 e. The Balaban J connectivity index is 2.49. The third kappa shape index (κ3) is 4.43. The first-order chi connectivity index (χ1) is 8.45. The van der Waals surface area contributed by atoms with Crippen molar-refractivity contribution in [1.82, 2.24) is 5.32 Å². The lowest BCUT2D eigenvalue weighted by atomic mass is 9.96. The zero-order chi connectivity index (χ0) is 13.6. The van der Waals surface area contributed by atoms with Gasteiger partial charge in [0.1, 0.15) is 5.82 Å². The van der Waals surface area contributed by atoms with Crippen LogP contribution >= 0.6 is 0 Å². The van der Waals surface area contributed by atoms with E-state index in [-0.39, 0.29) is 24.9 Å². The monoisotopic (exact) mass is 255 g/mol. The van der Waals surface area contributed by atoms with Crippen LogP contribution in [0.4, 0.5) is 4.39 Å². The van der Waals surface area contributed by atoms with E-state index >= 15 is 0 Å². The van der Waals surface area contributed by atoms with Crippen LogP contribution in [0.2, 0.25) is 0 Å². The minimum absolute atomic E-state index is 0.0329. The Kier molecular flexibility index (Phi) is 5.25. The predicted octanol–water partition coefficient (Wildman–Crippen LogP) is 1.19. The van der Waals surface area contributed by atoms with Gasteiger partial charge in [0, 0.05) is 6.54 Å². The van der Waals surface area contributed by atoms with Gasteiger partial charge in [0.15, 0.2) is 0 Å². The van der Waals surface area contributed by atoms with Crippen LogP contribution in [0, 0.1) is 5.82 Å². The molecule has 0 radical (unpaired) electrons. The van der Waals surface area contributed by atoms with Crippen LogP contribution in [-0.2, 0) is 15.1 Å². The molecule has 0 bridgehead atoms. The van der Waals surface area contributed by atoms with Gasteiger partial charge in [-0.3, -0.25) is 4.79 Å². The molecule has 0 aliphatic heterocycles. The van der Waals surface area contributed by atoms with Crippen molar-refractivity contribution in [3.8, 4) is 0 Å². The zero-order valence-corrected chi connectivity index (χ0v) is 10.6. The second kappa shape index (κ2) is 6.47. The third-order valence-corrected chi connectivity index (χ3v) is 2.51. The Morgan fingerprint density at radius 2 is 2.06 bits per heavy atom. The number of esters is 1. The third-order valence-electron chi connectivity index (χ3n) is 2.51. The van der Waals surface area contributed by atoms with E-state index in [9.17, 15) is 14.3 Å². The van der Waals surface area contributed by atoms with Gasteiger partial charge >= 0.3 is 5.97 Å². The van der Waals surface area contributed by atoms with Crippen LogP contribution in [0.1, 0.15) is 19.4 Å². The van der Waals surface area contributed by atoms with Crippen molar-refractivity contribution in [2.45, 2.75) is 19.4 Å². The van der Waals surface area contributed by atoms with E-state index < -0.39 is 5.60 Å². The van der Waals surface area contributed by atoms with Crippen LogP contribution < -0.4 is 5.32 Å². The van der Waals surface area contributed by atoms with E-state index in [1.165, 1.54) is 24.3 Å². The average molecular weight is 255 g/mol. The fourth-order valence-corrected chi connectivity index (χ4v) is 1.53. The molecule has 5 heteroatoms. The van der Waals surface area contributed by atoms with Crippen LogP contribution in [0.15, 0.2) is 24.3 Å². The lowest BCUT2D eigenvalue weighted by Crippen LogP contribution is -2.38. The summed E-state index contributed by atoms with van der Waals surface area (Å²) in [5.74, 6) is -0.721. The Morgan fingerprint density at radius 1 is 1.44 bits per heavy atom. The molecule has 0 aromatic heterocycles. The summed E-state index contributed by atoms with van der Waals surface area (Å²) >= 11 is 0. The SMILES string of the molecule is CCOC(=O)CNC[C@@](C)(O)c1ccc(F)cc1. The van der Waals surface area contributed by atoms with Gasteiger partial charge in [-0.05, 0) is 31.5 Å². The molecule has 1 rings (SSSR count). The minimum atomic E-state index is -1.17. The Bertz CT molecular complexity index is 390. The summed E-state index contributed by atoms with van der Waals surface area (Å²) in [6, 6.07) is 5.60. The number of rotatable bonds is 6. The second-order valence-electron chi connectivity index (χ2n) is 4.19. The molecule has 0 amide bonds. The average Bonchev–Trinajstić information content (AvgIpc) is 2.29. The molecule has 0 spiro atoms. The first-order valence-electron chi connectivity index (χ1n) is 5.80. The first-order valence-corrected chi connectivity index (χ1v) is 5.80. The summed E-state index contributed by atoms with van der Waals surface area (Å²) in [5, 5.41) is 13.0. The Labute approximate surface area is 106 Å². The van der Waals surface area contributed by atoms with Crippen LogP contribution in [0.3, 0.4) is 0 Å². The molecule has 4 nitrogen and oxygen atoms in total. The highest BCUT2D eigenvalue weighted by Crippen LogP contribution is 2.19. The molecule has 1 aromatic rings. The summed E-state index contributed by atoms with van der Waals surface area (Å²) in [7, 11) is 0. The number of hydrogen-bond acceptors (Lipinski definition) is 4. The number of aliphatic hydroxyl groups is 1. The normalized spacial score (nSPS) is 14.0. The maximum absolute atomic E-state index is 12.8. The van der Waals surface area contributed by atoms with Crippen molar-refractivity contribution in [2.24, 2.45) is 0 Å². The predicted molar refractivity (Wildman–Crippen MR) is 65.5 cm³/mol. The van der Waals surface area contributed by atoms with E-state index in [1.54, 1.807) is 13.8 Å². The van der Waals surface area contributed by atoms with Gasteiger partial charge in [-0.2, -0.15) is 0 Å². The smallest absolute Gasteiger partial charge is 0.319 e. The van der Waals surface area contributed by atoms with Gasteiger partial charge in [-0.25, -0.2) is 4.39 Å². The van der Waals surface area contributed by atoms with Crippen molar-refractivity contribution in [3.63, 3.8) is 0 Å². The lowest BCUT2D eigenvalue weighted by molar-refractivity contribution is -0.142. The van der Waals surface area contributed by atoms with E-state index in [4.69, 9.17) is 4.74 Å². The molecule has 0 saturated heterocycles. The molecule has 0 fully saturated rings. The molecule has 0 aliphatic carbocycles. The molecule has 2 N–H and O–H groups in total. The van der Waals surface area contributed by atoms with Gasteiger partial charge in [0.2, 0.25) is 0 Å². The van der Waals surface area contributed by atoms with Gasteiger partial charge in [-0.1, -0.05) is 12.1 Å². The van der Waals surface area contributed by atoms with Crippen molar-refractivity contribution >= 4 is 5.97 Å². The molecule has 0 saturated carbocycles. The van der Waals surface area contributed by atoms with Crippen LogP contribution in [-0.4, -0.2) is 30.8 Å². The molecule has 100 valence electrons. The molecule has 1 atom stereocenters. The topological polar surface area (TPSA) is 58.6 Å². The Hall–Kier alpha value is -1.46. The molecule has 0 aliphatic rings. The van der Waals surface area contributed by atoms with Crippen molar-refractivity contribution in [2.75, 3.05) is 19.7 Å². The number of carbonyl (C=O) groups is 1. The summed E-state index contributed by atoms with van der Waals surface area (Å²) in [4.78, 5) is 11.1. The highest BCUT2D eigenvalue weighted by Gasteiger charge is 2.22. The molecular formula is C13H18FNO3. The number of halogens is 1. The highest BCUT2D eigenvalue weighted by atomic mass is 19.1.